The van der Waals surface area contributed by atoms with Crippen molar-refractivity contribution in [2.24, 2.45) is 5.84 Å². The summed E-state index contributed by atoms with van der Waals surface area (Å²) in [6.07, 6.45) is 0. The SMILES string of the molecule is NNC(=O)c1ccccc1O.O=C(O)c1ccccc1O. The number of nitrogens with one attached hydrogen (secondary N) is 1. The van der Waals surface area contributed by atoms with Gasteiger partial charge in [0.2, 0.25) is 0 Å². The second-order valence-corrected chi connectivity index (χ2v) is 3.81. The maximum absolute atomic E-state index is 10.8. The van der Waals surface area contributed by atoms with Crippen LogP contribution in [0.1, 0.15) is 20.7 Å². The van der Waals surface area contributed by atoms with Gasteiger partial charge in [-0.1, -0.05) is 24.3 Å². The number of benzene rings is 2. The molecule has 0 spiro atoms. The molecule has 0 heterocycles. The number of nitrogens with two attached hydrogens (primary N) is 1. The zero-order chi connectivity index (χ0) is 15.8. The van der Waals surface area contributed by atoms with Gasteiger partial charge in [-0.25, -0.2) is 10.6 Å². The normalized spacial score (nSPS) is 9.19. The van der Waals surface area contributed by atoms with Gasteiger partial charge in [-0.3, -0.25) is 10.2 Å². The molecule has 0 aliphatic rings. The Morgan fingerprint density at radius 2 is 1.29 bits per heavy atom. The Bertz CT molecular complexity index is 643. The third-order valence-corrected chi connectivity index (χ3v) is 2.41. The predicted molar refractivity (Wildman–Crippen MR) is 74.8 cm³/mol. The molecule has 2 aromatic rings. The summed E-state index contributed by atoms with van der Waals surface area (Å²) in [5.74, 6) is 2.98. The molecule has 2 rings (SSSR count). The van der Waals surface area contributed by atoms with Crippen LogP contribution >= 0.6 is 0 Å². The van der Waals surface area contributed by atoms with Crippen molar-refractivity contribution in [3.05, 3.63) is 59.7 Å². The van der Waals surface area contributed by atoms with Crippen molar-refractivity contribution in [2.75, 3.05) is 0 Å². The highest BCUT2D eigenvalue weighted by molar-refractivity contribution is 5.96. The first-order chi connectivity index (χ1) is 9.97. The van der Waals surface area contributed by atoms with Gasteiger partial charge >= 0.3 is 5.97 Å². The van der Waals surface area contributed by atoms with Crippen molar-refractivity contribution in [2.45, 2.75) is 0 Å². The number of phenols is 2. The van der Waals surface area contributed by atoms with Gasteiger partial charge < -0.3 is 15.3 Å². The first-order valence-electron chi connectivity index (χ1n) is 5.77. The topological polar surface area (TPSA) is 133 Å². The third kappa shape index (κ3) is 4.51. The third-order valence-electron chi connectivity index (χ3n) is 2.41. The van der Waals surface area contributed by atoms with E-state index in [0.717, 1.165) is 0 Å². The predicted octanol–water partition coefficient (Wildman–Crippen LogP) is 1.09. The van der Waals surface area contributed by atoms with Gasteiger partial charge in [0.05, 0.1) is 5.56 Å². The lowest BCUT2D eigenvalue weighted by molar-refractivity contribution is 0.0693. The van der Waals surface area contributed by atoms with Gasteiger partial charge in [-0.15, -0.1) is 0 Å². The molecule has 7 heteroatoms. The van der Waals surface area contributed by atoms with Crippen LogP contribution in [0.3, 0.4) is 0 Å². The summed E-state index contributed by atoms with van der Waals surface area (Å²) >= 11 is 0. The Balaban J connectivity index is 0.000000211. The van der Waals surface area contributed by atoms with E-state index in [4.69, 9.17) is 21.2 Å². The molecule has 110 valence electrons. The molecular formula is C14H14N2O5. The molecule has 0 fully saturated rings. The van der Waals surface area contributed by atoms with Crippen molar-refractivity contribution in [1.29, 1.82) is 0 Å². The summed E-state index contributed by atoms with van der Waals surface area (Å²) in [7, 11) is 0. The molecule has 0 unspecified atom stereocenters. The first kappa shape index (κ1) is 16.0. The molecule has 21 heavy (non-hydrogen) atoms. The second kappa shape index (κ2) is 7.51. The number of carboxylic acid groups (broad SMARTS) is 1. The van der Waals surface area contributed by atoms with Crippen molar-refractivity contribution < 1.29 is 24.9 Å². The molecule has 0 atom stereocenters. The Kier molecular flexibility index (Phi) is 5.72. The van der Waals surface area contributed by atoms with E-state index in [9.17, 15) is 9.59 Å². The van der Waals surface area contributed by atoms with E-state index in [-0.39, 0.29) is 22.6 Å². The number of nitrogen functional groups attached to an aromatic ring is 1. The van der Waals surface area contributed by atoms with E-state index in [1.807, 2.05) is 5.43 Å². The van der Waals surface area contributed by atoms with Crippen LogP contribution in [-0.2, 0) is 0 Å². The summed E-state index contributed by atoms with van der Waals surface area (Å²) in [5.41, 5.74) is 2.03. The molecule has 0 saturated carbocycles. The van der Waals surface area contributed by atoms with Crippen LogP contribution in [-0.4, -0.2) is 27.2 Å². The summed E-state index contributed by atoms with van der Waals surface area (Å²) in [5, 5.41) is 26.4. The maximum atomic E-state index is 10.8. The van der Waals surface area contributed by atoms with Crippen molar-refractivity contribution in [3.63, 3.8) is 0 Å². The number of para-hydroxylation sites is 2. The van der Waals surface area contributed by atoms with Crippen LogP contribution in [0.4, 0.5) is 0 Å². The highest BCUT2D eigenvalue weighted by Gasteiger charge is 2.07. The van der Waals surface area contributed by atoms with Crippen LogP contribution in [0.15, 0.2) is 48.5 Å². The van der Waals surface area contributed by atoms with Crippen LogP contribution in [0, 0.1) is 0 Å². The van der Waals surface area contributed by atoms with Crippen LogP contribution in [0.2, 0.25) is 0 Å². The smallest absolute Gasteiger partial charge is 0.339 e. The van der Waals surface area contributed by atoms with Crippen molar-refractivity contribution >= 4 is 11.9 Å². The Hall–Kier alpha value is -3.06. The van der Waals surface area contributed by atoms with Gasteiger partial charge in [0.1, 0.15) is 17.1 Å². The van der Waals surface area contributed by atoms with E-state index in [1.165, 1.54) is 24.3 Å². The number of hydrogen-bond donors (Lipinski definition) is 5. The molecule has 0 bridgehead atoms. The molecule has 0 radical (unpaired) electrons. The van der Waals surface area contributed by atoms with E-state index in [1.54, 1.807) is 24.3 Å². The lowest BCUT2D eigenvalue weighted by Crippen LogP contribution is -2.29. The molecule has 2 aromatic carbocycles. The number of carbonyl (C=O) groups is 2. The monoisotopic (exact) mass is 290 g/mol. The molecule has 0 aliphatic heterocycles. The van der Waals surface area contributed by atoms with Crippen LogP contribution in [0.5, 0.6) is 11.5 Å². The number of hydrogen-bond acceptors (Lipinski definition) is 5. The van der Waals surface area contributed by atoms with E-state index >= 15 is 0 Å². The number of aromatic carboxylic acids is 1. The molecule has 6 N–H and O–H groups in total. The number of hydrazine groups is 1. The number of carbonyl (C=O) groups excluding carboxylic acids is 1. The summed E-state index contributed by atoms with van der Waals surface area (Å²) in [6.45, 7) is 0. The quantitative estimate of drug-likeness (QED) is 0.319. The Morgan fingerprint density at radius 3 is 1.62 bits per heavy atom. The zero-order valence-electron chi connectivity index (χ0n) is 10.9. The van der Waals surface area contributed by atoms with Gasteiger partial charge in [0, 0.05) is 0 Å². The van der Waals surface area contributed by atoms with E-state index in [0.29, 0.717) is 0 Å². The fraction of sp³-hybridized carbons (Fsp3) is 0. The van der Waals surface area contributed by atoms with Crippen molar-refractivity contribution in [1.82, 2.24) is 5.43 Å². The molecule has 0 aliphatic carbocycles. The highest BCUT2D eigenvalue weighted by Crippen LogP contribution is 2.15. The van der Waals surface area contributed by atoms with Gasteiger partial charge in [0.15, 0.2) is 0 Å². The minimum absolute atomic E-state index is 0.0671. The molecule has 7 nitrogen and oxygen atoms in total. The number of amides is 1. The fourth-order valence-corrected chi connectivity index (χ4v) is 1.40. The van der Waals surface area contributed by atoms with Gasteiger partial charge in [-0.05, 0) is 24.3 Å². The van der Waals surface area contributed by atoms with Gasteiger partial charge in [-0.2, -0.15) is 0 Å². The van der Waals surface area contributed by atoms with Crippen LogP contribution < -0.4 is 11.3 Å². The summed E-state index contributed by atoms with van der Waals surface area (Å²) < 4.78 is 0. The zero-order valence-corrected chi connectivity index (χ0v) is 10.9. The average Bonchev–Trinajstić information content (AvgIpc) is 2.48. The molecule has 0 saturated heterocycles. The highest BCUT2D eigenvalue weighted by atomic mass is 16.4. The maximum Gasteiger partial charge on any atom is 0.339 e. The first-order valence-corrected chi connectivity index (χ1v) is 5.77. The van der Waals surface area contributed by atoms with Crippen molar-refractivity contribution in [3.8, 4) is 11.5 Å². The number of phenolic OH excluding ortho intramolecular Hbond substituents is 1. The number of aromatic hydroxyl groups is 2. The van der Waals surface area contributed by atoms with Crippen LogP contribution in [0.25, 0.3) is 0 Å². The summed E-state index contributed by atoms with van der Waals surface area (Å²) in [4.78, 5) is 21.1. The molecule has 0 aromatic heterocycles. The number of carboxylic acids is 1. The minimum Gasteiger partial charge on any atom is -0.507 e. The minimum atomic E-state index is -1.11. The van der Waals surface area contributed by atoms with Gasteiger partial charge in [0.25, 0.3) is 5.91 Å². The standard InChI is InChI=1S/C7H8N2O2.C7H6O3/c8-9-7(11)5-3-1-2-4-6(5)10;8-6-4-2-1-3-5(6)7(9)10/h1-4,10H,8H2,(H,9,11);1-4,8H,(H,9,10). The number of rotatable bonds is 2. The van der Waals surface area contributed by atoms with E-state index < -0.39 is 11.9 Å². The summed E-state index contributed by atoms with van der Waals surface area (Å²) in [6, 6.07) is 12.0. The Morgan fingerprint density at radius 1 is 0.857 bits per heavy atom. The molecular weight excluding hydrogens is 276 g/mol. The van der Waals surface area contributed by atoms with E-state index in [2.05, 4.69) is 0 Å². The fourth-order valence-electron chi connectivity index (χ4n) is 1.40. The lowest BCUT2D eigenvalue weighted by Gasteiger charge is -2.00. The largest absolute Gasteiger partial charge is 0.507 e. The second-order valence-electron chi connectivity index (χ2n) is 3.81. The lowest BCUT2D eigenvalue weighted by atomic mass is 10.2. The molecule has 1 amide bonds. The average molecular weight is 290 g/mol. The Labute approximate surface area is 120 Å².